The van der Waals surface area contributed by atoms with E-state index in [4.69, 9.17) is 19.3 Å². The Morgan fingerprint density at radius 1 is 1.00 bits per heavy atom. The number of aromatic carboxylic acids is 1. The molecule has 0 spiro atoms. The third kappa shape index (κ3) is 3.53. The fourth-order valence-electron chi connectivity index (χ4n) is 1.82. The van der Waals surface area contributed by atoms with Crippen LogP contribution in [0.2, 0.25) is 0 Å². The number of methoxy groups -OCH3 is 3. The van der Waals surface area contributed by atoms with E-state index in [9.17, 15) is 4.79 Å². The highest BCUT2D eigenvalue weighted by molar-refractivity contribution is 5.88. The van der Waals surface area contributed by atoms with Gasteiger partial charge in [0.25, 0.3) is 0 Å². The van der Waals surface area contributed by atoms with Gasteiger partial charge in [0.2, 0.25) is 0 Å². The number of carboxylic acids is 1. The Kier molecular flexibility index (Phi) is 5.77. The molecule has 100 valence electrons. The molecule has 0 heterocycles. The molecule has 1 rings (SSSR count). The molecule has 1 aromatic rings. The zero-order valence-electron chi connectivity index (χ0n) is 10.9. The summed E-state index contributed by atoms with van der Waals surface area (Å²) in [6.07, 6.45) is 0. The molecule has 0 radical (unpaired) electrons. The zero-order valence-corrected chi connectivity index (χ0v) is 10.9. The molecule has 0 aliphatic rings. The summed E-state index contributed by atoms with van der Waals surface area (Å²) < 4.78 is 15.3. The van der Waals surface area contributed by atoms with Crippen LogP contribution in [0.4, 0.5) is 0 Å². The molecule has 0 aliphatic heterocycles. The highest BCUT2D eigenvalue weighted by Crippen LogP contribution is 2.21. The predicted octanol–water partition coefficient (Wildman–Crippen LogP) is 1.82. The molecule has 0 unspecified atom stereocenters. The van der Waals surface area contributed by atoms with E-state index in [2.05, 4.69) is 0 Å². The molecule has 5 nitrogen and oxygen atoms in total. The molecule has 0 atom stereocenters. The first-order chi connectivity index (χ1) is 8.63. The Bertz CT molecular complexity index is 387. The Morgan fingerprint density at radius 3 is 1.78 bits per heavy atom. The SMILES string of the molecule is COCc1cc(C(=O)O)cc(COC)c1COC. The van der Waals surface area contributed by atoms with Crippen LogP contribution in [0.15, 0.2) is 12.1 Å². The van der Waals surface area contributed by atoms with Crippen LogP contribution in [0.3, 0.4) is 0 Å². The Balaban J connectivity index is 3.28. The lowest BCUT2D eigenvalue weighted by atomic mass is 9.98. The fraction of sp³-hybridized carbons (Fsp3) is 0.462. The second kappa shape index (κ2) is 7.10. The minimum absolute atomic E-state index is 0.231. The highest BCUT2D eigenvalue weighted by atomic mass is 16.5. The first-order valence-corrected chi connectivity index (χ1v) is 5.48. The summed E-state index contributed by atoms with van der Waals surface area (Å²) in [7, 11) is 4.73. The maximum Gasteiger partial charge on any atom is 0.335 e. The zero-order chi connectivity index (χ0) is 13.5. The van der Waals surface area contributed by atoms with Gasteiger partial charge in [0.05, 0.1) is 25.4 Å². The van der Waals surface area contributed by atoms with Gasteiger partial charge in [-0.2, -0.15) is 0 Å². The number of hydrogen-bond donors (Lipinski definition) is 1. The van der Waals surface area contributed by atoms with Crippen molar-refractivity contribution in [2.75, 3.05) is 21.3 Å². The van der Waals surface area contributed by atoms with E-state index in [1.165, 1.54) is 0 Å². The molecule has 0 amide bonds. The Hall–Kier alpha value is -1.43. The van der Waals surface area contributed by atoms with E-state index < -0.39 is 5.97 Å². The van der Waals surface area contributed by atoms with E-state index in [1.54, 1.807) is 33.5 Å². The first-order valence-electron chi connectivity index (χ1n) is 5.48. The second-order valence-electron chi connectivity index (χ2n) is 3.88. The van der Waals surface area contributed by atoms with Crippen molar-refractivity contribution < 1.29 is 24.1 Å². The summed E-state index contributed by atoms with van der Waals surface area (Å²) in [4.78, 5) is 11.1. The van der Waals surface area contributed by atoms with Crippen LogP contribution in [0, 0.1) is 0 Å². The van der Waals surface area contributed by atoms with E-state index in [-0.39, 0.29) is 5.56 Å². The molecule has 1 N–H and O–H groups in total. The van der Waals surface area contributed by atoms with Crippen LogP contribution < -0.4 is 0 Å². The van der Waals surface area contributed by atoms with E-state index in [1.807, 2.05) is 0 Å². The molecular formula is C13H18O5. The molecular weight excluding hydrogens is 236 g/mol. The van der Waals surface area contributed by atoms with Gasteiger partial charge < -0.3 is 19.3 Å². The van der Waals surface area contributed by atoms with Crippen molar-refractivity contribution in [1.82, 2.24) is 0 Å². The summed E-state index contributed by atoms with van der Waals surface area (Å²) in [5, 5.41) is 9.08. The molecule has 0 fully saturated rings. The van der Waals surface area contributed by atoms with E-state index in [0.717, 1.165) is 16.7 Å². The quantitative estimate of drug-likeness (QED) is 0.804. The molecule has 0 saturated carbocycles. The maximum atomic E-state index is 11.1. The topological polar surface area (TPSA) is 65.0 Å². The lowest BCUT2D eigenvalue weighted by molar-refractivity contribution is 0.0696. The molecule has 18 heavy (non-hydrogen) atoms. The van der Waals surface area contributed by atoms with Crippen molar-refractivity contribution in [2.24, 2.45) is 0 Å². The smallest absolute Gasteiger partial charge is 0.335 e. The van der Waals surface area contributed by atoms with Crippen LogP contribution >= 0.6 is 0 Å². The Labute approximate surface area is 106 Å². The van der Waals surface area contributed by atoms with Crippen molar-refractivity contribution in [3.8, 4) is 0 Å². The van der Waals surface area contributed by atoms with Crippen molar-refractivity contribution >= 4 is 5.97 Å². The number of carboxylic acid groups (broad SMARTS) is 1. The van der Waals surface area contributed by atoms with Crippen molar-refractivity contribution in [3.63, 3.8) is 0 Å². The van der Waals surface area contributed by atoms with Gasteiger partial charge in [-0.1, -0.05) is 0 Å². The second-order valence-corrected chi connectivity index (χ2v) is 3.88. The summed E-state index contributed by atoms with van der Waals surface area (Å²) in [6, 6.07) is 3.22. The van der Waals surface area contributed by atoms with Crippen LogP contribution in [-0.2, 0) is 34.0 Å². The molecule has 0 aliphatic carbocycles. The van der Waals surface area contributed by atoms with Gasteiger partial charge in [-0.25, -0.2) is 4.79 Å². The third-order valence-corrected chi connectivity index (χ3v) is 2.57. The molecule has 1 aromatic carbocycles. The van der Waals surface area contributed by atoms with Crippen molar-refractivity contribution in [3.05, 3.63) is 34.4 Å². The summed E-state index contributed by atoms with van der Waals surface area (Å²) in [5.41, 5.74) is 2.78. The average Bonchev–Trinajstić information content (AvgIpc) is 2.33. The minimum Gasteiger partial charge on any atom is -0.478 e. The number of hydrogen-bond acceptors (Lipinski definition) is 4. The Morgan fingerprint density at radius 2 is 1.44 bits per heavy atom. The van der Waals surface area contributed by atoms with Gasteiger partial charge >= 0.3 is 5.97 Å². The molecule has 5 heteroatoms. The number of carbonyl (C=O) groups is 1. The van der Waals surface area contributed by atoms with Gasteiger partial charge in [-0.05, 0) is 28.8 Å². The highest BCUT2D eigenvalue weighted by Gasteiger charge is 2.14. The summed E-state index contributed by atoms with van der Waals surface area (Å²) >= 11 is 0. The van der Waals surface area contributed by atoms with Crippen molar-refractivity contribution in [1.29, 1.82) is 0 Å². The monoisotopic (exact) mass is 254 g/mol. The van der Waals surface area contributed by atoms with Gasteiger partial charge in [0.15, 0.2) is 0 Å². The predicted molar refractivity (Wildman–Crippen MR) is 65.5 cm³/mol. The summed E-state index contributed by atoms with van der Waals surface area (Å²) in [6.45, 7) is 1.09. The van der Waals surface area contributed by atoms with Crippen molar-refractivity contribution in [2.45, 2.75) is 19.8 Å². The van der Waals surface area contributed by atoms with E-state index >= 15 is 0 Å². The van der Waals surface area contributed by atoms with Crippen LogP contribution in [-0.4, -0.2) is 32.4 Å². The maximum absolute atomic E-state index is 11.1. The fourth-order valence-corrected chi connectivity index (χ4v) is 1.82. The van der Waals surface area contributed by atoms with Crippen LogP contribution in [0.1, 0.15) is 27.0 Å². The number of benzene rings is 1. The molecule has 0 aromatic heterocycles. The molecule has 0 saturated heterocycles. The minimum atomic E-state index is -0.964. The summed E-state index contributed by atoms with van der Waals surface area (Å²) in [5.74, 6) is -0.964. The normalized spacial score (nSPS) is 10.6. The van der Waals surface area contributed by atoms with Crippen LogP contribution in [0.25, 0.3) is 0 Å². The average molecular weight is 254 g/mol. The van der Waals surface area contributed by atoms with E-state index in [0.29, 0.717) is 19.8 Å². The van der Waals surface area contributed by atoms with Crippen LogP contribution in [0.5, 0.6) is 0 Å². The first kappa shape index (κ1) is 14.6. The standard InChI is InChI=1S/C13H18O5/c1-16-6-10-4-9(13(14)15)5-11(7-17-2)12(10)8-18-3/h4-5H,6-8H2,1-3H3,(H,14,15). The van der Waals surface area contributed by atoms with Gasteiger partial charge in [-0.3, -0.25) is 0 Å². The third-order valence-electron chi connectivity index (χ3n) is 2.57. The molecule has 0 bridgehead atoms. The lowest BCUT2D eigenvalue weighted by Gasteiger charge is -2.15. The lowest BCUT2D eigenvalue weighted by Crippen LogP contribution is -2.08. The number of ether oxygens (including phenoxy) is 3. The van der Waals surface area contributed by atoms with Gasteiger partial charge in [-0.15, -0.1) is 0 Å². The number of rotatable bonds is 7. The van der Waals surface area contributed by atoms with Gasteiger partial charge in [0.1, 0.15) is 0 Å². The largest absolute Gasteiger partial charge is 0.478 e. The van der Waals surface area contributed by atoms with Gasteiger partial charge in [0, 0.05) is 21.3 Å².